The van der Waals surface area contributed by atoms with Crippen LogP contribution in [0.5, 0.6) is 0 Å². The zero-order valence-electron chi connectivity index (χ0n) is 20.2. The van der Waals surface area contributed by atoms with E-state index in [1.54, 1.807) is 0 Å². The number of carbonyl (C=O) groups is 2. The first-order chi connectivity index (χ1) is 15.5. The molecule has 32 heavy (non-hydrogen) atoms. The molecule has 182 valence electrons. The fourth-order valence-electron chi connectivity index (χ4n) is 3.95. The summed E-state index contributed by atoms with van der Waals surface area (Å²) in [5.74, 6) is -1.02. The van der Waals surface area contributed by atoms with E-state index in [-0.39, 0.29) is 18.5 Å². The van der Waals surface area contributed by atoms with Crippen LogP contribution in [0.25, 0.3) is 0 Å². The van der Waals surface area contributed by atoms with Crippen LogP contribution in [-0.4, -0.2) is 29.3 Å². The lowest BCUT2D eigenvalue weighted by Gasteiger charge is -2.18. The number of hydrogen-bond donors (Lipinski definition) is 1. The van der Waals surface area contributed by atoms with Gasteiger partial charge in [-0.15, -0.1) is 0 Å². The lowest BCUT2D eigenvalue weighted by atomic mass is 10.0. The van der Waals surface area contributed by atoms with E-state index in [4.69, 9.17) is 14.6 Å². The quantitative estimate of drug-likeness (QED) is 0.171. The second-order valence-corrected chi connectivity index (χ2v) is 8.78. The molecule has 0 amide bonds. The number of hydrogen-bond acceptors (Lipinski definition) is 4. The fourth-order valence-corrected chi connectivity index (χ4v) is 3.95. The lowest BCUT2D eigenvalue weighted by molar-refractivity contribution is -0.147. The van der Waals surface area contributed by atoms with Crippen molar-refractivity contribution in [2.75, 3.05) is 0 Å². The van der Waals surface area contributed by atoms with Crippen molar-refractivity contribution in [2.24, 2.45) is 0 Å². The highest BCUT2D eigenvalue weighted by atomic mass is 16.5. The van der Waals surface area contributed by atoms with Gasteiger partial charge < -0.3 is 14.6 Å². The molecule has 5 heteroatoms. The Kier molecular flexibility index (Phi) is 16.4. The normalized spacial score (nSPS) is 12.9. The molecule has 0 bridgehead atoms. The van der Waals surface area contributed by atoms with Gasteiger partial charge >= 0.3 is 11.9 Å². The van der Waals surface area contributed by atoms with Crippen LogP contribution in [-0.2, 0) is 25.7 Å². The molecular weight excluding hydrogens is 404 g/mol. The predicted molar refractivity (Wildman–Crippen MR) is 129 cm³/mol. The van der Waals surface area contributed by atoms with Crippen LogP contribution >= 0.6 is 0 Å². The number of unbranched alkanes of at least 4 members (excludes halogenated alkanes) is 6. The van der Waals surface area contributed by atoms with Crippen LogP contribution in [0, 0.1) is 0 Å². The van der Waals surface area contributed by atoms with E-state index in [1.807, 2.05) is 6.07 Å². The molecule has 1 aromatic carbocycles. The second-order valence-electron chi connectivity index (χ2n) is 8.78. The molecule has 0 aliphatic heterocycles. The van der Waals surface area contributed by atoms with E-state index in [0.29, 0.717) is 19.1 Å². The van der Waals surface area contributed by atoms with Gasteiger partial charge in [0.05, 0.1) is 12.7 Å². The van der Waals surface area contributed by atoms with Crippen LogP contribution in [0.2, 0.25) is 0 Å². The van der Waals surface area contributed by atoms with Gasteiger partial charge in [0, 0.05) is 13.3 Å². The van der Waals surface area contributed by atoms with Crippen LogP contribution in [0.15, 0.2) is 30.3 Å². The van der Waals surface area contributed by atoms with Crippen molar-refractivity contribution in [1.82, 2.24) is 0 Å². The van der Waals surface area contributed by atoms with Gasteiger partial charge in [-0.1, -0.05) is 75.8 Å². The molecule has 1 N–H and O–H groups in total. The average molecular weight is 449 g/mol. The van der Waals surface area contributed by atoms with E-state index in [0.717, 1.165) is 44.9 Å². The highest BCUT2D eigenvalue weighted by Gasteiger charge is 2.12. The molecular formula is C27H44O5. The van der Waals surface area contributed by atoms with E-state index in [1.165, 1.54) is 44.6 Å². The van der Waals surface area contributed by atoms with Crippen molar-refractivity contribution in [1.29, 1.82) is 0 Å². The summed E-state index contributed by atoms with van der Waals surface area (Å²) in [6, 6.07) is 10.4. The Morgan fingerprint density at radius 1 is 0.812 bits per heavy atom. The molecule has 0 heterocycles. The van der Waals surface area contributed by atoms with Crippen molar-refractivity contribution >= 4 is 11.9 Å². The van der Waals surface area contributed by atoms with Gasteiger partial charge in [0.1, 0.15) is 6.10 Å². The summed E-state index contributed by atoms with van der Waals surface area (Å²) >= 11 is 0. The first kappa shape index (κ1) is 28.2. The zero-order valence-corrected chi connectivity index (χ0v) is 20.2. The lowest BCUT2D eigenvalue weighted by Crippen LogP contribution is -2.16. The van der Waals surface area contributed by atoms with Crippen LogP contribution in [0.1, 0.15) is 109 Å². The molecule has 5 nitrogen and oxygen atoms in total. The number of ether oxygens (including phenoxy) is 2. The van der Waals surface area contributed by atoms with Gasteiger partial charge in [0.2, 0.25) is 0 Å². The van der Waals surface area contributed by atoms with Gasteiger partial charge in [-0.2, -0.15) is 0 Å². The summed E-state index contributed by atoms with van der Waals surface area (Å²) in [4.78, 5) is 21.9. The average Bonchev–Trinajstić information content (AvgIpc) is 2.77. The zero-order chi connectivity index (χ0) is 23.4. The van der Waals surface area contributed by atoms with Crippen molar-refractivity contribution < 1.29 is 24.2 Å². The van der Waals surface area contributed by atoms with Crippen molar-refractivity contribution in [3.63, 3.8) is 0 Å². The third-order valence-electron chi connectivity index (χ3n) is 5.76. The number of carboxylic acids is 1. The highest BCUT2D eigenvalue weighted by molar-refractivity contribution is 5.66. The third-order valence-corrected chi connectivity index (χ3v) is 5.76. The van der Waals surface area contributed by atoms with Gasteiger partial charge in [0.15, 0.2) is 0 Å². The minimum absolute atomic E-state index is 0.0777. The predicted octanol–water partition coefficient (Wildman–Crippen LogP) is 7.07. The smallest absolute Gasteiger partial charge is 0.303 e. The molecule has 1 aromatic rings. The number of benzene rings is 1. The van der Waals surface area contributed by atoms with Gasteiger partial charge in [-0.3, -0.25) is 9.59 Å². The standard InChI is InChI=1S/C27H44O5/c1-3-4-17-25(31-22-24-15-9-8-10-16-24)18-11-6-5-7-12-19-26(32-23(2)28)20-13-14-21-27(29)30/h8-10,15-16,25-26H,3-7,11-14,17-22H2,1-2H3,(H,29,30). The number of rotatable bonds is 20. The monoisotopic (exact) mass is 448 g/mol. The minimum Gasteiger partial charge on any atom is -0.481 e. The summed E-state index contributed by atoms with van der Waals surface area (Å²) in [7, 11) is 0. The molecule has 2 unspecified atom stereocenters. The first-order valence-corrected chi connectivity index (χ1v) is 12.6. The van der Waals surface area contributed by atoms with Gasteiger partial charge in [-0.05, 0) is 50.5 Å². The summed E-state index contributed by atoms with van der Waals surface area (Å²) in [5, 5.41) is 8.73. The Labute approximate surface area is 194 Å². The van der Waals surface area contributed by atoms with Crippen LogP contribution in [0.3, 0.4) is 0 Å². The summed E-state index contributed by atoms with van der Waals surface area (Å²) in [6.45, 7) is 4.36. The largest absolute Gasteiger partial charge is 0.481 e. The van der Waals surface area contributed by atoms with Gasteiger partial charge in [0.25, 0.3) is 0 Å². The Bertz CT molecular complexity index is 601. The third kappa shape index (κ3) is 15.9. The Morgan fingerprint density at radius 2 is 1.38 bits per heavy atom. The van der Waals surface area contributed by atoms with E-state index in [9.17, 15) is 9.59 Å². The van der Waals surface area contributed by atoms with E-state index in [2.05, 4.69) is 31.2 Å². The first-order valence-electron chi connectivity index (χ1n) is 12.6. The number of carboxylic acid groups (broad SMARTS) is 1. The summed E-state index contributed by atoms with van der Waals surface area (Å²) < 4.78 is 11.6. The summed E-state index contributed by atoms with van der Waals surface area (Å²) in [6.07, 6.45) is 13.9. The van der Waals surface area contributed by atoms with Crippen molar-refractivity contribution in [2.45, 2.75) is 123 Å². The molecule has 2 atom stereocenters. The molecule has 0 fully saturated rings. The van der Waals surface area contributed by atoms with Crippen LogP contribution < -0.4 is 0 Å². The molecule has 1 rings (SSSR count). The molecule has 0 spiro atoms. The van der Waals surface area contributed by atoms with Crippen molar-refractivity contribution in [3.05, 3.63) is 35.9 Å². The fraction of sp³-hybridized carbons (Fsp3) is 0.704. The van der Waals surface area contributed by atoms with E-state index < -0.39 is 5.97 Å². The molecule has 0 aliphatic carbocycles. The minimum atomic E-state index is -0.767. The number of esters is 1. The number of aliphatic carboxylic acids is 1. The van der Waals surface area contributed by atoms with Crippen LogP contribution in [0.4, 0.5) is 0 Å². The second kappa shape index (κ2) is 18.7. The topological polar surface area (TPSA) is 72.8 Å². The van der Waals surface area contributed by atoms with Gasteiger partial charge in [-0.25, -0.2) is 0 Å². The number of carbonyl (C=O) groups excluding carboxylic acids is 1. The summed E-state index contributed by atoms with van der Waals surface area (Å²) in [5.41, 5.74) is 1.24. The van der Waals surface area contributed by atoms with Crippen molar-refractivity contribution in [3.8, 4) is 0 Å². The maximum Gasteiger partial charge on any atom is 0.303 e. The molecule has 0 aromatic heterocycles. The Morgan fingerprint density at radius 3 is 1.97 bits per heavy atom. The maximum absolute atomic E-state index is 11.3. The maximum atomic E-state index is 11.3. The molecule has 0 aliphatic rings. The molecule has 0 saturated carbocycles. The SMILES string of the molecule is CCCCC(CCCCCCCC(CCCCC(=O)O)OC(C)=O)OCc1ccccc1. The Balaban J connectivity index is 2.18. The molecule has 0 saturated heterocycles. The Hall–Kier alpha value is -1.88. The molecule has 0 radical (unpaired) electrons. The highest BCUT2D eigenvalue weighted by Crippen LogP contribution is 2.18. The van der Waals surface area contributed by atoms with E-state index >= 15 is 0 Å².